The molecule has 0 amide bonds. The Morgan fingerprint density at radius 3 is 1.64 bits per heavy atom. The Hall–Kier alpha value is -2.62. The van der Waals surface area contributed by atoms with Crippen molar-refractivity contribution >= 4 is 43.4 Å². The molecule has 0 heterocycles. The summed E-state index contributed by atoms with van der Waals surface area (Å²) in [4.78, 5) is 0.689. The van der Waals surface area contributed by atoms with Crippen LogP contribution in [-0.4, -0.2) is 27.1 Å². The summed E-state index contributed by atoms with van der Waals surface area (Å²) < 4.78 is 55.8. The molecule has 36 heavy (non-hydrogen) atoms. The number of hydrogen-bond acceptors (Lipinski definition) is 5. The lowest BCUT2D eigenvalue weighted by molar-refractivity contribution is 0.496. The smallest absolute Gasteiger partial charge is 0.206 e. The summed E-state index contributed by atoms with van der Waals surface area (Å²) in [7, 11) is -8.82. The molecule has 0 N–H and O–H groups in total. The molecule has 1 unspecified atom stereocenters. The van der Waals surface area contributed by atoms with E-state index >= 15 is 0 Å². The average molecular weight is 558 g/mol. The molecular weight excluding hydrogens is 534 g/mol. The van der Waals surface area contributed by atoms with Crippen LogP contribution < -0.4 is 0 Å². The van der Waals surface area contributed by atoms with E-state index < -0.39 is 25.3 Å². The van der Waals surface area contributed by atoms with Crippen LogP contribution in [-0.2, 0) is 20.0 Å². The molecule has 0 fully saturated rings. The molecule has 4 rings (SSSR count). The highest BCUT2D eigenvalue weighted by Crippen LogP contribution is 2.39. The maximum absolute atomic E-state index is 13.8. The van der Waals surface area contributed by atoms with Crippen LogP contribution >= 0.6 is 23.4 Å². The van der Waals surface area contributed by atoms with Crippen molar-refractivity contribution in [1.82, 2.24) is 3.71 Å². The normalized spacial score (nSPS) is 13.0. The van der Waals surface area contributed by atoms with Crippen molar-refractivity contribution in [2.24, 2.45) is 0 Å². The number of thioether (sulfide) groups is 1. The predicted octanol–water partition coefficient (Wildman–Crippen LogP) is 6.56. The first-order chi connectivity index (χ1) is 17.2. The van der Waals surface area contributed by atoms with E-state index in [0.717, 1.165) is 16.0 Å². The van der Waals surface area contributed by atoms with Crippen LogP contribution in [0.15, 0.2) is 124 Å². The molecule has 0 aliphatic heterocycles. The van der Waals surface area contributed by atoms with Crippen molar-refractivity contribution in [3.8, 4) is 0 Å². The van der Waals surface area contributed by atoms with E-state index in [9.17, 15) is 16.8 Å². The molecular formula is C27H24ClNO4S3. The number of sulfonamides is 2. The van der Waals surface area contributed by atoms with E-state index in [-0.39, 0.29) is 16.3 Å². The molecule has 0 saturated heterocycles. The van der Waals surface area contributed by atoms with Crippen LogP contribution in [0, 0.1) is 6.92 Å². The number of benzene rings is 4. The van der Waals surface area contributed by atoms with Crippen LogP contribution in [0.1, 0.15) is 16.4 Å². The summed E-state index contributed by atoms with van der Waals surface area (Å²) in [6, 6.07) is 30.0. The van der Waals surface area contributed by atoms with Crippen LogP contribution in [0.4, 0.5) is 0 Å². The van der Waals surface area contributed by atoms with Gasteiger partial charge in [-0.3, -0.25) is 0 Å². The Labute approximate surface area is 221 Å². The van der Waals surface area contributed by atoms with Crippen molar-refractivity contribution in [3.05, 3.63) is 125 Å². The Kier molecular flexibility index (Phi) is 8.22. The monoisotopic (exact) mass is 557 g/mol. The molecule has 0 aliphatic rings. The van der Waals surface area contributed by atoms with Gasteiger partial charge in [-0.2, -0.15) is 0 Å². The average Bonchev–Trinajstić information content (AvgIpc) is 2.89. The van der Waals surface area contributed by atoms with E-state index in [1.165, 1.54) is 36.0 Å². The van der Waals surface area contributed by atoms with Gasteiger partial charge in [0.15, 0.2) is 0 Å². The summed E-state index contributed by atoms with van der Waals surface area (Å²) >= 11 is 7.49. The summed E-state index contributed by atoms with van der Waals surface area (Å²) in [5, 5.41) is -0.00884. The summed E-state index contributed by atoms with van der Waals surface area (Å²) in [6.45, 7) is 1.67. The molecule has 4 aromatic carbocycles. The van der Waals surface area contributed by atoms with Crippen LogP contribution in [0.5, 0.6) is 0 Å². The van der Waals surface area contributed by atoms with Crippen molar-refractivity contribution < 1.29 is 16.8 Å². The third-order valence-electron chi connectivity index (χ3n) is 5.47. The second-order valence-electron chi connectivity index (χ2n) is 8.06. The largest absolute Gasteiger partial charge is 0.256 e. The molecule has 4 aromatic rings. The highest BCUT2D eigenvalue weighted by Gasteiger charge is 2.38. The minimum Gasteiger partial charge on any atom is -0.206 e. The Balaban J connectivity index is 1.83. The topological polar surface area (TPSA) is 71.5 Å². The first-order valence-electron chi connectivity index (χ1n) is 11.0. The molecule has 186 valence electrons. The lowest BCUT2D eigenvalue weighted by Gasteiger charge is -2.27. The van der Waals surface area contributed by atoms with Gasteiger partial charge in [0, 0.05) is 21.7 Å². The first-order valence-corrected chi connectivity index (χ1v) is 15.2. The van der Waals surface area contributed by atoms with E-state index in [4.69, 9.17) is 11.6 Å². The molecule has 0 bridgehead atoms. The van der Waals surface area contributed by atoms with Gasteiger partial charge in [-0.1, -0.05) is 81.5 Å². The Morgan fingerprint density at radius 2 is 1.17 bits per heavy atom. The van der Waals surface area contributed by atoms with E-state index in [0.29, 0.717) is 8.73 Å². The molecule has 0 spiro atoms. The predicted molar refractivity (Wildman–Crippen MR) is 145 cm³/mol. The third kappa shape index (κ3) is 6.02. The minimum atomic E-state index is -4.41. The molecule has 1 atom stereocenters. The highest BCUT2D eigenvalue weighted by molar-refractivity contribution is 8.04. The number of aryl methyl sites for hydroxylation is 1. The van der Waals surface area contributed by atoms with Gasteiger partial charge in [0.2, 0.25) is 0 Å². The van der Waals surface area contributed by atoms with Gasteiger partial charge >= 0.3 is 0 Å². The standard InChI is InChI=1S/C27H24ClNO4S3/c1-21-12-18-24(19-13-21)34-27(22-14-16-23(28)17-15-22)20-29(35(30,31)25-8-4-2-5-9-25)36(32,33)26-10-6-3-7-11-26/h2-19,27H,20H2,1H3. The number of nitrogens with zero attached hydrogens (tertiary/aromatic N) is 1. The molecule has 0 aromatic heterocycles. The van der Waals surface area contributed by atoms with Gasteiger partial charge in [-0.05, 0) is 61.0 Å². The van der Waals surface area contributed by atoms with Crippen molar-refractivity contribution in [2.75, 3.05) is 6.54 Å². The fourth-order valence-corrected chi connectivity index (χ4v) is 8.72. The minimum absolute atomic E-state index is 0.0975. The van der Waals surface area contributed by atoms with Crippen LogP contribution in [0.2, 0.25) is 5.02 Å². The van der Waals surface area contributed by atoms with E-state index in [2.05, 4.69) is 0 Å². The van der Waals surface area contributed by atoms with E-state index in [1.807, 2.05) is 31.2 Å². The summed E-state index contributed by atoms with van der Waals surface area (Å²) in [5.41, 5.74) is 1.84. The van der Waals surface area contributed by atoms with Crippen molar-refractivity contribution in [1.29, 1.82) is 0 Å². The zero-order valence-electron chi connectivity index (χ0n) is 19.4. The number of hydrogen-bond donors (Lipinski definition) is 0. The maximum Gasteiger partial charge on any atom is 0.256 e. The van der Waals surface area contributed by atoms with Gasteiger partial charge in [0.1, 0.15) is 0 Å². The van der Waals surface area contributed by atoms with Crippen molar-refractivity contribution in [3.63, 3.8) is 0 Å². The molecule has 0 aliphatic carbocycles. The highest BCUT2D eigenvalue weighted by atomic mass is 35.5. The second kappa shape index (κ2) is 11.2. The van der Waals surface area contributed by atoms with Gasteiger partial charge in [0.05, 0.1) is 9.79 Å². The Bertz CT molecular complexity index is 1440. The lowest BCUT2D eigenvalue weighted by atomic mass is 10.1. The van der Waals surface area contributed by atoms with Crippen molar-refractivity contribution in [2.45, 2.75) is 26.9 Å². The van der Waals surface area contributed by atoms with Gasteiger partial charge in [-0.25, -0.2) is 16.8 Å². The molecule has 5 nitrogen and oxygen atoms in total. The van der Waals surface area contributed by atoms with Gasteiger partial charge < -0.3 is 0 Å². The maximum atomic E-state index is 13.8. The first kappa shape index (κ1) is 26.4. The molecule has 9 heteroatoms. The zero-order valence-corrected chi connectivity index (χ0v) is 22.6. The molecule has 0 radical (unpaired) electrons. The van der Waals surface area contributed by atoms with Gasteiger partial charge in [0.25, 0.3) is 20.0 Å². The lowest BCUT2D eigenvalue weighted by Crippen LogP contribution is -2.39. The quantitative estimate of drug-likeness (QED) is 0.218. The fourth-order valence-electron chi connectivity index (χ4n) is 3.55. The van der Waals surface area contributed by atoms with Gasteiger partial charge in [-0.15, -0.1) is 11.8 Å². The zero-order chi connectivity index (χ0) is 25.8. The summed E-state index contributed by atoms with van der Waals surface area (Å²) in [6.07, 6.45) is 0. The third-order valence-corrected chi connectivity index (χ3v) is 11.3. The van der Waals surface area contributed by atoms with Crippen LogP contribution in [0.25, 0.3) is 0 Å². The van der Waals surface area contributed by atoms with Crippen LogP contribution in [0.3, 0.4) is 0 Å². The summed E-state index contributed by atoms with van der Waals surface area (Å²) in [5.74, 6) is 0. The Morgan fingerprint density at radius 1 is 0.694 bits per heavy atom. The molecule has 0 saturated carbocycles. The van der Waals surface area contributed by atoms with E-state index in [1.54, 1.807) is 60.7 Å². The number of rotatable bonds is 9. The fraction of sp³-hybridized carbons (Fsp3) is 0.111. The SMILES string of the molecule is Cc1ccc(SC(CN(S(=O)(=O)c2ccccc2)S(=O)(=O)c2ccccc2)c2ccc(Cl)cc2)cc1. The second-order valence-corrected chi connectivity index (χ2v) is 13.7. The number of halogens is 1.